The Labute approximate surface area is 154 Å². The highest BCUT2D eigenvalue weighted by Crippen LogP contribution is 2.33. The SMILES string of the molecule is CC1CN(c2ccc(S(=O)(=O)C(C)C)c(N=C(N)CCl)c2)CC(C)O1. The monoisotopic (exact) mass is 387 g/mol. The maximum Gasteiger partial charge on any atom is 0.182 e. The van der Waals surface area contributed by atoms with E-state index in [1.165, 1.54) is 0 Å². The maximum atomic E-state index is 12.6. The molecule has 0 aliphatic carbocycles. The number of amidine groups is 1. The molecule has 1 saturated heterocycles. The number of morpholine rings is 1. The Morgan fingerprint density at radius 2 is 1.96 bits per heavy atom. The predicted octanol–water partition coefficient (Wildman–Crippen LogP) is 2.71. The average Bonchev–Trinajstić information content (AvgIpc) is 2.53. The highest BCUT2D eigenvalue weighted by atomic mass is 35.5. The van der Waals surface area contributed by atoms with Gasteiger partial charge in [0.15, 0.2) is 9.84 Å². The zero-order chi connectivity index (χ0) is 18.8. The molecule has 2 N–H and O–H groups in total. The number of hydrogen-bond donors (Lipinski definition) is 1. The van der Waals surface area contributed by atoms with E-state index in [4.69, 9.17) is 22.1 Å². The van der Waals surface area contributed by atoms with Crippen LogP contribution in [0, 0.1) is 0 Å². The molecule has 25 heavy (non-hydrogen) atoms. The van der Waals surface area contributed by atoms with Crippen molar-refractivity contribution in [3.8, 4) is 0 Å². The maximum absolute atomic E-state index is 12.6. The number of benzene rings is 1. The van der Waals surface area contributed by atoms with Gasteiger partial charge in [-0.15, -0.1) is 11.6 Å². The Bertz CT molecular complexity index is 740. The first-order chi connectivity index (χ1) is 11.6. The van der Waals surface area contributed by atoms with Gasteiger partial charge in [-0.1, -0.05) is 0 Å². The van der Waals surface area contributed by atoms with Gasteiger partial charge >= 0.3 is 0 Å². The summed E-state index contributed by atoms with van der Waals surface area (Å²) in [4.78, 5) is 6.59. The van der Waals surface area contributed by atoms with Gasteiger partial charge in [0.1, 0.15) is 5.84 Å². The first-order valence-corrected chi connectivity index (χ1v) is 10.4. The minimum atomic E-state index is -3.48. The third kappa shape index (κ3) is 4.65. The summed E-state index contributed by atoms with van der Waals surface area (Å²) in [6, 6.07) is 5.19. The zero-order valence-electron chi connectivity index (χ0n) is 15.1. The van der Waals surface area contributed by atoms with E-state index in [9.17, 15) is 8.42 Å². The van der Waals surface area contributed by atoms with E-state index in [1.54, 1.807) is 26.0 Å². The number of halogens is 1. The van der Waals surface area contributed by atoms with Crippen molar-refractivity contribution >= 4 is 38.6 Å². The van der Waals surface area contributed by atoms with Gasteiger partial charge in [-0.2, -0.15) is 0 Å². The third-order valence-corrected chi connectivity index (χ3v) is 6.53. The minimum Gasteiger partial charge on any atom is -0.386 e. The van der Waals surface area contributed by atoms with Crippen LogP contribution < -0.4 is 10.6 Å². The fourth-order valence-corrected chi connectivity index (χ4v) is 4.08. The quantitative estimate of drug-likeness (QED) is 0.477. The van der Waals surface area contributed by atoms with Crippen molar-refractivity contribution in [3.63, 3.8) is 0 Å². The number of rotatable bonds is 5. The molecule has 0 radical (unpaired) electrons. The summed E-state index contributed by atoms with van der Waals surface area (Å²) in [7, 11) is -3.48. The molecule has 140 valence electrons. The highest BCUT2D eigenvalue weighted by molar-refractivity contribution is 7.92. The minimum absolute atomic E-state index is 0.0387. The van der Waals surface area contributed by atoms with Crippen LogP contribution >= 0.6 is 11.6 Å². The normalized spacial score (nSPS) is 22.5. The second-order valence-corrected chi connectivity index (χ2v) is 9.38. The van der Waals surface area contributed by atoms with Crippen LogP contribution in [0.25, 0.3) is 0 Å². The van der Waals surface area contributed by atoms with Gasteiger partial charge in [-0.05, 0) is 45.9 Å². The number of alkyl halides is 1. The molecule has 1 fully saturated rings. The Hall–Kier alpha value is -1.31. The van der Waals surface area contributed by atoms with E-state index in [2.05, 4.69) is 9.89 Å². The molecule has 0 bridgehead atoms. The Morgan fingerprint density at radius 3 is 2.48 bits per heavy atom. The Balaban J connectivity index is 2.51. The smallest absolute Gasteiger partial charge is 0.182 e. The lowest BCUT2D eigenvalue weighted by atomic mass is 10.2. The van der Waals surface area contributed by atoms with E-state index >= 15 is 0 Å². The van der Waals surface area contributed by atoms with E-state index in [-0.39, 0.29) is 28.8 Å². The van der Waals surface area contributed by atoms with Gasteiger partial charge < -0.3 is 15.4 Å². The van der Waals surface area contributed by atoms with Gasteiger partial charge in [0.25, 0.3) is 0 Å². The number of nitrogens with zero attached hydrogens (tertiary/aromatic N) is 2. The third-order valence-electron chi connectivity index (χ3n) is 4.06. The van der Waals surface area contributed by atoms with Crippen LogP contribution in [0.2, 0.25) is 0 Å². The first-order valence-electron chi connectivity index (χ1n) is 8.32. The molecule has 6 nitrogen and oxygen atoms in total. The lowest BCUT2D eigenvalue weighted by molar-refractivity contribution is -0.00521. The molecule has 1 aliphatic rings. The number of anilines is 1. The van der Waals surface area contributed by atoms with Crippen molar-refractivity contribution in [3.05, 3.63) is 18.2 Å². The van der Waals surface area contributed by atoms with Crippen LogP contribution in [0.4, 0.5) is 11.4 Å². The fourth-order valence-electron chi connectivity index (χ4n) is 2.86. The van der Waals surface area contributed by atoms with Crippen molar-refractivity contribution in [2.45, 2.75) is 50.0 Å². The molecular formula is C17H26ClN3O3S. The van der Waals surface area contributed by atoms with Gasteiger partial charge in [-0.25, -0.2) is 13.4 Å². The lowest BCUT2D eigenvalue weighted by Crippen LogP contribution is -2.45. The molecule has 0 saturated carbocycles. The van der Waals surface area contributed by atoms with E-state index in [0.717, 1.165) is 18.8 Å². The molecule has 0 spiro atoms. The number of hydrogen-bond acceptors (Lipinski definition) is 5. The summed E-state index contributed by atoms with van der Waals surface area (Å²) >= 11 is 5.73. The first kappa shape index (κ1) is 20.0. The number of ether oxygens (including phenoxy) is 1. The van der Waals surface area contributed by atoms with Crippen molar-refractivity contribution in [1.29, 1.82) is 0 Å². The van der Waals surface area contributed by atoms with E-state index in [0.29, 0.717) is 5.69 Å². The second-order valence-electron chi connectivity index (χ2n) is 6.64. The van der Waals surface area contributed by atoms with Crippen molar-refractivity contribution in [2.75, 3.05) is 23.9 Å². The topological polar surface area (TPSA) is 85.0 Å². The molecule has 1 aliphatic heterocycles. The van der Waals surface area contributed by atoms with Crippen LogP contribution in [0.5, 0.6) is 0 Å². The molecule has 2 rings (SSSR count). The molecular weight excluding hydrogens is 362 g/mol. The fraction of sp³-hybridized carbons (Fsp3) is 0.588. The number of sulfone groups is 1. The van der Waals surface area contributed by atoms with Gasteiger partial charge in [0, 0.05) is 18.8 Å². The average molecular weight is 388 g/mol. The summed E-state index contributed by atoms with van der Waals surface area (Å²) in [6.07, 6.45) is 0.199. The zero-order valence-corrected chi connectivity index (χ0v) is 16.6. The Morgan fingerprint density at radius 1 is 1.36 bits per heavy atom. The number of nitrogens with two attached hydrogens (primary N) is 1. The van der Waals surface area contributed by atoms with Gasteiger partial charge in [-0.3, -0.25) is 0 Å². The van der Waals surface area contributed by atoms with Gasteiger partial charge in [0.05, 0.1) is 33.9 Å². The van der Waals surface area contributed by atoms with Crippen LogP contribution in [0.15, 0.2) is 28.1 Å². The lowest BCUT2D eigenvalue weighted by Gasteiger charge is -2.37. The largest absolute Gasteiger partial charge is 0.386 e. The molecule has 2 unspecified atom stereocenters. The second kappa shape index (κ2) is 7.93. The summed E-state index contributed by atoms with van der Waals surface area (Å²) in [5, 5.41) is -0.548. The summed E-state index contributed by atoms with van der Waals surface area (Å²) in [6.45, 7) is 8.79. The van der Waals surface area contributed by atoms with Crippen molar-refractivity contribution < 1.29 is 13.2 Å². The van der Waals surface area contributed by atoms with Crippen molar-refractivity contribution in [1.82, 2.24) is 0 Å². The molecule has 0 aromatic heterocycles. The van der Waals surface area contributed by atoms with Crippen LogP contribution in [-0.4, -0.2) is 50.7 Å². The van der Waals surface area contributed by atoms with Crippen LogP contribution in [0.1, 0.15) is 27.7 Å². The van der Waals surface area contributed by atoms with Crippen LogP contribution in [-0.2, 0) is 14.6 Å². The summed E-state index contributed by atoms with van der Waals surface area (Å²) in [5.74, 6) is 0.222. The Kier molecular flexibility index (Phi) is 6.35. The molecule has 8 heteroatoms. The standard InChI is InChI=1S/C17H26ClN3O3S/c1-11(2)25(22,23)16-6-5-14(7-15(16)20-17(19)8-18)21-9-12(3)24-13(4)10-21/h5-7,11-13H,8-10H2,1-4H3,(H2,19,20). The molecule has 0 amide bonds. The molecule has 1 aromatic carbocycles. The van der Waals surface area contributed by atoms with Gasteiger partial charge in [0.2, 0.25) is 0 Å². The predicted molar refractivity (Wildman–Crippen MR) is 103 cm³/mol. The highest BCUT2D eigenvalue weighted by Gasteiger charge is 2.26. The molecule has 1 heterocycles. The van der Waals surface area contributed by atoms with Crippen LogP contribution in [0.3, 0.4) is 0 Å². The molecule has 2 atom stereocenters. The van der Waals surface area contributed by atoms with Crippen molar-refractivity contribution in [2.24, 2.45) is 10.7 Å². The number of aliphatic imine (C=N–C) groups is 1. The van der Waals surface area contributed by atoms with E-state index in [1.807, 2.05) is 19.9 Å². The molecule has 1 aromatic rings. The van der Waals surface area contributed by atoms with E-state index < -0.39 is 15.1 Å². The summed E-state index contributed by atoms with van der Waals surface area (Å²) in [5.41, 5.74) is 6.98. The summed E-state index contributed by atoms with van der Waals surface area (Å²) < 4.78 is 31.0.